The smallest absolute Gasteiger partial charge is 0.137 e. The van der Waals surface area contributed by atoms with Crippen molar-refractivity contribution in [3.8, 4) is 12.1 Å². The Hall–Kier alpha value is -2.76. The molecule has 0 saturated heterocycles. The molecule has 1 aliphatic rings. The minimum Gasteiger partial charge on any atom is -0.389 e. The van der Waals surface area contributed by atoms with Crippen LogP contribution in [0.4, 0.5) is 0 Å². The number of allylic oxidation sites excluding steroid dienone is 9. The van der Waals surface area contributed by atoms with E-state index in [0.717, 1.165) is 24.5 Å². The number of hydrogen-bond donors (Lipinski definition) is 1. The molecule has 0 spiro atoms. The number of rotatable bonds is 8. The molecule has 126 valence electrons. The summed E-state index contributed by atoms with van der Waals surface area (Å²) >= 11 is 0. The van der Waals surface area contributed by atoms with E-state index in [1.807, 2.05) is 69.5 Å². The van der Waals surface area contributed by atoms with E-state index >= 15 is 0 Å². The largest absolute Gasteiger partial charge is 0.389 e. The van der Waals surface area contributed by atoms with Crippen LogP contribution >= 0.6 is 0 Å². The fourth-order valence-electron chi connectivity index (χ4n) is 2.28. The molecule has 0 radical (unpaired) electrons. The van der Waals surface area contributed by atoms with Crippen LogP contribution in [0.25, 0.3) is 0 Å². The van der Waals surface area contributed by atoms with Gasteiger partial charge in [-0.05, 0) is 45.2 Å². The van der Waals surface area contributed by atoms with Crippen LogP contribution in [0.1, 0.15) is 20.8 Å². The van der Waals surface area contributed by atoms with Crippen LogP contribution in [0.5, 0.6) is 0 Å². The van der Waals surface area contributed by atoms with Crippen molar-refractivity contribution in [1.82, 2.24) is 10.2 Å². The average molecular weight is 324 g/mol. The third kappa shape index (κ3) is 6.16. The summed E-state index contributed by atoms with van der Waals surface area (Å²) in [6.45, 7) is 8.66. The number of nitriles is 2. The zero-order valence-electron chi connectivity index (χ0n) is 14.5. The predicted octanol–water partition coefficient (Wildman–Crippen LogP) is 3.15. The Morgan fingerprint density at radius 1 is 1.17 bits per heavy atom. The summed E-state index contributed by atoms with van der Waals surface area (Å²) in [5.74, 6) is 0. The lowest BCUT2D eigenvalue weighted by Crippen LogP contribution is -2.27. The topological polar surface area (TPSA) is 72.1 Å². The van der Waals surface area contributed by atoms with E-state index in [1.54, 1.807) is 0 Å². The quantitative estimate of drug-likeness (QED) is 0.422. The minimum atomic E-state index is 0.140. The highest BCUT2D eigenvalue weighted by Crippen LogP contribution is 2.24. The molecule has 0 aliphatic carbocycles. The first-order chi connectivity index (χ1) is 11.6. The summed E-state index contributed by atoms with van der Waals surface area (Å²) in [4.78, 5) is 2.12. The highest BCUT2D eigenvalue weighted by Gasteiger charge is 2.15. The predicted molar refractivity (Wildman–Crippen MR) is 95.2 cm³/mol. The molecule has 1 rings (SSSR count). The van der Waals surface area contributed by atoms with E-state index in [1.165, 1.54) is 0 Å². The maximum Gasteiger partial charge on any atom is 0.137 e. The van der Waals surface area contributed by atoms with Gasteiger partial charge in [0.2, 0.25) is 0 Å². The monoisotopic (exact) mass is 324 g/mol. The fourth-order valence-corrected chi connectivity index (χ4v) is 2.28. The molecule has 0 aromatic heterocycles. The average Bonchev–Trinajstić information content (AvgIpc) is 2.56. The first kappa shape index (κ1) is 19.3. The van der Waals surface area contributed by atoms with Crippen molar-refractivity contribution in [2.75, 3.05) is 26.3 Å². The zero-order chi connectivity index (χ0) is 17.8. The molecule has 5 heteroatoms. The third-order valence-corrected chi connectivity index (χ3v) is 3.46. The van der Waals surface area contributed by atoms with Gasteiger partial charge in [0.25, 0.3) is 0 Å². The fraction of sp³-hybridized carbons (Fsp3) is 0.368. The third-order valence-electron chi connectivity index (χ3n) is 3.46. The van der Waals surface area contributed by atoms with Gasteiger partial charge in [0.05, 0.1) is 13.2 Å². The SMILES string of the molecule is C/C=C\C=C/NCCOCCN1C(C)=CC(=C(C#N)C#N)C=C1C. The Morgan fingerprint density at radius 3 is 2.42 bits per heavy atom. The summed E-state index contributed by atoms with van der Waals surface area (Å²) in [6.07, 6.45) is 11.5. The van der Waals surface area contributed by atoms with Crippen molar-refractivity contribution in [2.24, 2.45) is 0 Å². The Labute approximate surface area is 144 Å². The highest BCUT2D eigenvalue weighted by atomic mass is 16.5. The second-order valence-corrected chi connectivity index (χ2v) is 5.23. The van der Waals surface area contributed by atoms with Gasteiger partial charge in [0, 0.05) is 30.1 Å². The number of nitrogens with one attached hydrogen (secondary N) is 1. The first-order valence-corrected chi connectivity index (χ1v) is 7.91. The minimum absolute atomic E-state index is 0.140. The molecule has 5 nitrogen and oxygen atoms in total. The van der Waals surface area contributed by atoms with Gasteiger partial charge in [0.15, 0.2) is 0 Å². The first-order valence-electron chi connectivity index (χ1n) is 7.91. The molecule has 0 atom stereocenters. The Bertz CT molecular complexity index is 616. The second kappa shape index (κ2) is 10.9. The van der Waals surface area contributed by atoms with Crippen LogP contribution in [-0.4, -0.2) is 31.2 Å². The summed E-state index contributed by atoms with van der Waals surface area (Å²) < 4.78 is 5.63. The van der Waals surface area contributed by atoms with Gasteiger partial charge in [-0.3, -0.25) is 0 Å². The lowest BCUT2D eigenvalue weighted by atomic mass is 10.0. The summed E-state index contributed by atoms with van der Waals surface area (Å²) in [5, 5.41) is 21.1. The number of ether oxygens (including phenoxy) is 1. The second-order valence-electron chi connectivity index (χ2n) is 5.23. The highest BCUT2D eigenvalue weighted by molar-refractivity contribution is 5.53. The van der Waals surface area contributed by atoms with E-state index in [-0.39, 0.29) is 5.57 Å². The molecule has 0 bridgehead atoms. The summed E-state index contributed by atoms with van der Waals surface area (Å²) in [5.41, 5.74) is 2.82. The normalized spacial score (nSPS) is 14.4. The van der Waals surface area contributed by atoms with Gasteiger partial charge in [-0.2, -0.15) is 10.5 Å². The van der Waals surface area contributed by atoms with Gasteiger partial charge in [-0.25, -0.2) is 0 Å². The molecule has 1 heterocycles. The molecule has 0 aromatic carbocycles. The van der Waals surface area contributed by atoms with Crippen molar-refractivity contribution < 1.29 is 4.74 Å². The van der Waals surface area contributed by atoms with E-state index < -0.39 is 0 Å². The van der Waals surface area contributed by atoms with Crippen LogP contribution in [0, 0.1) is 22.7 Å². The van der Waals surface area contributed by atoms with Crippen molar-refractivity contribution in [2.45, 2.75) is 20.8 Å². The number of hydrogen-bond acceptors (Lipinski definition) is 5. The van der Waals surface area contributed by atoms with Gasteiger partial charge < -0.3 is 15.0 Å². The van der Waals surface area contributed by atoms with E-state index in [4.69, 9.17) is 15.3 Å². The maximum absolute atomic E-state index is 8.97. The number of nitrogens with zero attached hydrogens (tertiary/aromatic N) is 3. The molecule has 1 N–H and O–H groups in total. The molecule has 0 aromatic rings. The zero-order valence-corrected chi connectivity index (χ0v) is 14.5. The van der Waals surface area contributed by atoms with Gasteiger partial charge in [-0.1, -0.05) is 12.2 Å². The van der Waals surface area contributed by atoms with Gasteiger partial charge in [0.1, 0.15) is 17.7 Å². The Morgan fingerprint density at radius 2 is 1.83 bits per heavy atom. The molecule has 0 fully saturated rings. The Balaban J connectivity index is 2.42. The maximum atomic E-state index is 8.97. The van der Waals surface area contributed by atoms with Gasteiger partial charge in [-0.15, -0.1) is 0 Å². The lowest BCUT2D eigenvalue weighted by Gasteiger charge is -2.29. The molecular formula is C19H24N4O. The van der Waals surface area contributed by atoms with Crippen molar-refractivity contribution >= 4 is 0 Å². The van der Waals surface area contributed by atoms with Crippen LogP contribution < -0.4 is 5.32 Å². The van der Waals surface area contributed by atoms with Crippen LogP contribution in [0.15, 0.2) is 59.1 Å². The van der Waals surface area contributed by atoms with E-state index in [0.29, 0.717) is 18.8 Å². The molecule has 1 aliphatic heterocycles. The molecular weight excluding hydrogens is 300 g/mol. The lowest BCUT2D eigenvalue weighted by molar-refractivity contribution is 0.123. The summed E-state index contributed by atoms with van der Waals surface area (Å²) in [6, 6.07) is 3.86. The van der Waals surface area contributed by atoms with Crippen molar-refractivity contribution in [3.63, 3.8) is 0 Å². The standard InChI is InChI=1S/C19H24N4O/c1-4-5-6-7-22-8-10-24-11-9-23-16(2)12-18(13-17(23)3)19(14-20)15-21/h4-7,12-13,22H,8-11H2,1-3H3/b5-4-,7-6-. The molecule has 0 saturated carbocycles. The van der Waals surface area contributed by atoms with Crippen LogP contribution in [0.3, 0.4) is 0 Å². The van der Waals surface area contributed by atoms with E-state index in [9.17, 15) is 0 Å². The van der Waals surface area contributed by atoms with Crippen molar-refractivity contribution in [1.29, 1.82) is 10.5 Å². The Kier molecular flexibility index (Phi) is 8.74. The van der Waals surface area contributed by atoms with Crippen molar-refractivity contribution in [3.05, 3.63) is 59.1 Å². The van der Waals surface area contributed by atoms with Crippen LogP contribution in [-0.2, 0) is 4.74 Å². The molecule has 24 heavy (non-hydrogen) atoms. The molecule has 0 amide bonds. The van der Waals surface area contributed by atoms with Crippen LogP contribution in [0.2, 0.25) is 0 Å². The molecule has 0 unspecified atom stereocenters. The van der Waals surface area contributed by atoms with Gasteiger partial charge >= 0.3 is 0 Å². The summed E-state index contributed by atoms with van der Waals surface area (Å²) in [7, 11) is 0. The van der Waals surface area contributed by atoms with E-state index in [2.05, 4.69) is 10.2 Å².